The average molecular weight is 1110 g/mol. The van der Waals surface area contributed by atoms with E-state index in [-0.39, 0.29) is 23.0 Å². The first-order valence-corrected chi connectivity index (χ1v) is 32.4. The number of allylic oxidation sites excluding steroid dienone is 20. The number of hydrogen-bond donors (Lipinski definition) is 4. The Morgan fingerprint density at radius 2 is 0.825 bits per heavy atom. The predicted molar refractivity (Wildman–Crippen MR) is 349 cm³/mol. The molecule has 0 aromatic carbocycles. The van der Waals surface area contributed by atoms with E-state index in [0.717, 1.165) is 44.9 Å². The van der Waals surface area contributed by atoms with Gasteiger partial charge in [-0.05, 0) is 90.0 Å². The molecule has 0 aromatic heterocycles. The summed E-state index contributed by atoms with van der Waals surface area (Å²) in [5.41, 5.74) is 8.73. The molecule has 6 nitrogen and oxygen atoms in total. The second-order valence-corrected chi connectivity index (χ2v) is 25.2. The lowest BCUT2D eigenvalue weighted by atomic mass is 9.67. The molecule has 0 unspecified atom stereocenters. The van der Waals surface area contributed by atoms with Gasteiger partial charge in [0.1, 0.15) is 0 Å². The zero-order valence-electron chi connectivity index (χ0n) is 53.8. The third-order valence-electron chi connectivity index (χ3n) is 15.8. The van der Waals surface area contributed by atoms with Gasteiger partial charge < -0.3 is 20.4 Å². The minimum absolute atomic E-state index is 0.00528. The minimum Gasteiger partial charge on any atom is -0.481 e. The predicted octanol–water partition coefficient (Wildman–Crippen LogP) is 22.3. The van der Waals surface area contributed by atoms with Gasteiger partial charge >= 0.3 is 11.9 Å². The third kappa shape index (κ3) is 43.7. The molecule has 2 aliphatic carbocycles. The van der Waals surface area contributed by atoms with Gasteiger partial charge in [-0.1, -0.05) is 333 Å². The topological polar surface area (TPSA) is 115 Å². The van der Waals surface area contributed by atoms with Crippen LogP contribution >= 0.6 is 0 Å². The molecule has 0 saturated heterocycles. The number of carboxylic acid groups (broad SMARTS) is 2. The summed E-state index contributed by atoms with van der Waals surface area (Å²) in [7, 11) is 0. The molecule has 3 atom stereocenters. The lowest BCUT2D eigenvalue weighted by Crippen LogP contribution is -2.32. The zero-order valence-corrected chi connectivity index (χ0v) is 53.8. The van der Waals surface area contributed by atoms with Gasteiger partial charge in [0.05, 0.1) is 12.2 Å². The number of unbranched alkanes of at least 4 members (excludes halogenated alkanes) is 26. The van der Waals surface area contributed by atoms with Crippen molar-refractivity contribution in [1.82, 2.24) is 0 Å². The second-order valence-electron chi connectivity index (χ2n) is 25.2. The standard InChI is InChI=1S/C40H56O2.C18H36O2.C16H32O2/c1-29(17-13-19-31(3)21-23-37-33(5)25-35(41)27-39(37,7)8)15-11-12-16-30(2)18-14-20-32(4)22-24-38-34(6)26-36(42)28-40(38,9)10;1-2-3-4-5-6-7-8-9-10-11-12-13-14-15-16-17-18(19)20;1-2-3-4-5-6-7-8-9-10-11-12-13-14-15-16(17)18/h11-25,35-37,41-42H,26-28H2,1-10H3;2-17H2,1H3,(H,19,20);2-15H2,1H3,(H,17,18)/b12-11+,17-13+,18-14+,23-21+,24-22+,29-15+,30-16+,31-19+,32-20+;;/t35-,36+,37-;;/m0../s1. The van der Waals surface area contributed by atoms with Crippen molar-refractivity contribution in [2.75, 3.05) is 0 Å². The van der Waals surface area contributed by atoms with Crippen LogP contribution in [0.1, 0.15) is 295 Å². The molecular formula is C74H124O6. The molecule has 4 N–H and O–H groups in total. The number of aliphatic hydroxyl groups excluding tert-OH is 2. The number of hydrogen-bond acceptors (Lipinski definition) is 4. The molecule has 0 radical (unpaired) electrons. The summed E-state index contributed by atoms with van der Waals surface area (Å²) < 4.78 is 0. The largest absolute Gasteiger partial charge is 0.481 e. The Balaban J connectivity index is 0.00000136. The quantitative estimate of drug-likeness (QED) is 0.0276. The van der Waals surface area contributed by atoms with Crippen molar-refractivity contribution in [2.45, 2.75) is 307 Å². The van der Waals surface area contributed by atoms with Crippen molar-refractivity contribution in [3.05, 3.63) is 130 Å². The molecule has 0 spiro atoms. The van der Waals surface area contributed by atoms with Gasteiger partial charge in [0, 0.05) is 18.8 Å². The van der Waals surface area contributed by atoms with Gasteiger partial charge in [0.2, 0.25) is 0 Å². The summed E-state index contributed by atoms with van der Waals surface area (Å²) >= 11 is 0. The lowest BCUT2D eigenvalue weighted by molar-refractivity contribution is -0.138. The van der Waals surface area contributed by atoms with E-state index in [1.165, 1.54) is 193 Å². The van der Waals surface area contributed by atoms with Crippen LogP contribution in [0.4, 0.5) is 0 Å². The molecule has 0 bridgehead atoms. The van der Waals surface area contributed by atoms with E-state index in [1.54, 1.807) is 0 Å². The Morgan fingerprint density at radius 1 is 0.487 bits per heavy atom. The van der Waals surface area contributed by atoms with Crippen LogP contribution in [0.25, 0.3) is 0 Å². The van der Waals surface area contributed by atoms with Crippen molar-refractivity contribution < 1.29 is 30.0 Å². The van der Waals surface area contributed by atoms with E-state index in [9.17, 15) is 19.8 Å². The third-order valence-corrected chi connectivity index (χ3v) is 15.8. The smallest absolute Gasteiger partial charge is 0.303 e. The first-order chi connectivity index (χ1) is 38.1. The van der Waals surface area contributed by atoms with E-state index >= 15 is 0 Å². The number of carbonyl (C=O) groups is 2. The van der Waals surface area contributed by atoms with E-state index in [0.29, 0.717) is 18.8 Å². The molecule has 2 aliphatic rings. The second kappa shape index (κ2) is 48.5. The molecule has 0 heterocycles. The average Bonchev–Trinajstić information content (AvgIpc) is 3.37. The summed E-state index contributed by atoms with van der Waals surface area (Å²) in [4.78, 5) is 20.6. The molecule has 6 heteroatoms. The summed E-state index contributed by atoms with van der Waals surface area (Å²) in [5, 5.41) is 37.2. The van der Waals surface area contributed by atoms with Gasteiger partial charge in [0.15, 0.2) is 0 Å². The van der Waals surface area contributed by atoms with Crippen molar-refractivity contribution in [3.8, 4) is 0 Å². The maximum atomic E-state index is 10.3. The van der Waals surface area contributed by atoms with E-state index in [2.05, 4.69) is 168 Å². The fourth-order valence-electron chi connectivity index (χ4n) is 11.1. The Hall–Kier alpha value is -4.00. The maximum Gasteiger partial charge on any atom is 0.303 e. The molecule has 0 aromatic rings. The van der Waals surface area contributed by atoms with Crippen LogP contribution in [0.2, 0.25) is 0 Å². The Morgan fingerprint density at radius 3 is 1.18 bits per heavy atom. The normalized spacial score (nSPS) is 19.1. The van der Waals surface area contributed by atoms with Crippen molar-refractivity contribution >= 4 is 11.9 Å². The highest BCUT2D eigenvalue weighted by Crippen LogP contribution is 2.42. The fraction of sp³-hybridized carbons (Fsp3) is 0.676. The Kier molecular flexibility index (Phi) is 46.1. The summed E-state index contributed by atoms with van der Waals surface area (Å²) in [6.45, 7) is 26.2. The highest BCUT2D eigenvalue weighted by Gasteiger charge is 2.34. The molecule has 80 heavy (non-hydrogen) atoms. The number of aliphatic hydroxyl groups is 2. The summed E-state index contributed by atoms with van der Waals surface area (Å²) in [6, 6.07) is 0. The van der Waals surface area contributed by atoms with E-state index in [1.807, 2.05) is 6.08 Å². The van der Waals surface area contributed by atoms with Crippen LogP contribution in [0, 0.1) is 16.7 Å². The van der Waals surface area contributed by atoms with Crippen molar-refractivity contribution in [1.29, 1.82) is 0 Å². The molecular weight excluding hydrogens is 985 g/mol. The van der Waals surface area contributed by atoms with Crippen molar-refractivity contribution in [2.24, 2.45) is 16.7 Å². The zero-order chi connectivity index (χ0) is 59.9. The molecule has 0 saturated carbocycles. The van der Waals surface area contributed by atoms with Crippen LogP contribution in [0.15, 0.2) is 130 Å². The van der Waals surface area contributed by atoms with Crippen LogP contribution in [0.5, 0.6) is 0 Å². The van der Waals surface area contributed by atoms with Crippen LogP contribution in [-0.4, -0.2) is 44.6 Å². The van der Waals surface area contributed by atoms with Crippen molar-refractivity contribution in [3.63, 3.8) is 0 Å². The summed E-state index contributed by atoms with van der Waals surface area (Å²) in [6.07, 6.45) is 71.3. The molecule has 0 amide bonds. The first-order valence-electron chi connectivity index (χ1n) is 32.4. The van der Waals surface area contributed by atoms with Gasteiger partial charge in [-0.25, -0.2) is 0 Å². The van der Waals surface area contributed by atoms with Gasteiger partial charge in [0.25, 0.3) is 0 Å². The molecule has 456 valence electrons. The molecule has 0 aliphatic heterocycles. The monoisotopic (exact) mass is 1110 g/mol. The lowest BCUT2D eigenvalue weighted by Gasteiger charge is -2.38. The molecule has 2 rings (SSSR count). The maximum absolute atomic E-state index is 10.3. The number of rotatable bonds is 40. The fourth-order valence-corrected chi connectivity index (χ4v) is 11.1. The summed E-state index contributed by atoms with van der Waals surface area (Å²) in [5.74, 6) is -0.960. The highest BCUT2D eigenvalue weighted by molar-refractivity contribution is 5.66. The van der Waals surface area contributed by atoms with E-state index < -0.39 is 11.9 Å². The van der Waals surface area contributed by atoms with Gasteiger partial charge in [-0.2, -0.15) is 0 Å². The number of carboxylic acids is 2. The van der Waals surface area contributed by atoms with Crippen LogP contribution in [-0.2, 0) is 9.59 Å². The van der Waals surface area contributed by atoms with Crippen LogP contribution in [0.3, 0.4) is 0 Å². The minimum atomic E-state index is -0.655. The van der Waals surface area contributed by atoms with Crippen LogP contribution < -0.4 is 0 Å². The van der Waals surface area contributed by atoms with Gasteiger partial charge in [-0.3, -0.25) is 9.59 Å². The van der Waals surface area contributed by atoms with E-state index in [4.69, 9.17) is 10.2 Å². The number of aliphatic carboxylic acids is 2. The Labute approximate surface area is 493 Å². The van der Waals surface area contributed by atoms with Gasteiger partial charge in [-0.15, -0.1) is 0 Å². The first kappa shape index (κ1) is 76.0. The molecule has 0 fully saturated rings. The SMILES string of the molecule is CC1=C[C@H](O)CC(C)(C)[C@H]1/C=C/C(C)=C/C=C/C(C)=C/C=C/C=C(C)/C=C/C=C(C)/C=C/C1=C(C)C[C@@H](O)CC1(C)C.CCCCCCCCCCCCCCCC(=O)O.CCCCCCCCCCCCCCCCCC(=O)O. The highest BCUT2D eigenvalue weighted by atomic mass is 16.4. The Bertz CT molecular complexity index is 1990.